The summed E-state index contributed by atoms with van der Waals surface area (Å²) in [7, 11) is 0. The van der Waals surface area contributed by atoms with Crippen LogP contribution in [0.2, 0.25) is 0 Å². The Balaban J connectivity index is 1.41. The molecule has 0 aliphatic carbocycles. The lowest BCUT2D eigenvalue weighted by Gasteiger charge is -2.26. The maximum atomic E-state index is 11.1. The summed E-state index contributed by atoms with van der Waals surface area (Å²) in [5, 5.41) is 20.0. The van der Waals surface area contributed by atoms with Crippen molar-refractivity contribution in [1.29, 1.82) is 0 Å². The summed E-state index contributed by atoms with van der Waals surface area (Å²) in [5.74, 6) is -0.0148. The smallest absolute Gasteiger partial charge is 0.335 e. The van der Waals surface area contributed by atoms with E-state index in [0.29, 0.717) is 23.5 Å². The second-order valence-electron chi connectivity index (χ2n) is 8.87. The Kier molecular flexibility index (Phi) is 6.89. The molecule has 164 valence electrons. The molecule has 2 fully saturated rings. The Hall–Kier alpha value is -2.43. The van der Waals surface area contributed by atoms with E-state index in [2.05, 4.69) is 25.1 Å². The minimum atomic E-state index is -0.891. The van der Waals surface area contributed by atoms with Gasteiger partial charge in [-0.3, -0.25) is 0 Å². The molecule has 2 N–H and O–H groups in total. The largest absolute Gasteiger partial charge is 0.478 e. The summed E-state index contributed by atoms with van der Waals surface area (Å²) in [6.07, 6.45) is 9.25. The first-order valence-electron chi connectivity index (χ1n) is 11.5. The van der Waals surface area contributed by atoms with Crippen LogP contribution in [0.4, 0.5) is 0 Å². The van der Waals surface area contributed by atoms with Gasteiger partial charge in [-0.25, -0.2) is 4.79 Å². The Labute approximate surface area is 184 Å². The molecule has 0 aromatic heterocycles. The average molecular weight is 421 g/mol. The molecule has 2 aromatic carbocycles. The molecule has 2 aliphatic rings. The normalized spacial score (nSPS) is 26.9. The van der Waals surface area contributed by atoms with E-state index in [0.717, 1.165) is 37.7 Å². The van der Waals surface area contributed by atoms with Crippen molar-refractivity contribution in [1.82, 2.24) is 0 Å². The number of aryl methyl sites for hydroxylation is 1. The summed E-state index contributed by atoms with van der Waals surface area (Å²) in [4.78, 5) is 11.1. The summed E-state index contributed by atoms with van der Waals surface area (Å²) in [6, 6.07) is 17.4. The van der Waals surface area contributed by atoms with E-state index in [-0.39, 0.29) is 12.0 Å². The molecule has 0 saturated carbocycles. The van der Waals surface area contributed by atoms with Crippen molar-refractivity contribution < 1.29 is 19.7 Å². The van der Waals surface area contributed by atoms with Crippen molar-refractivity contribution in [3.63, 3.8) is 0 Å². The Morgan fingerprint density at radius 3 is 2.48 bits per heavy atom. The zero-order valence-corrected chi connectivity index (χ0v) is 18.1. The van der Waals surface area contributed by atoms with Crippen molar-refractivity contribution in [2.75, 3.05) is 0 Å². The van der Waals surface area contributed by atoms with Gasteiger partial charge in [0.25, 0.3) is 0 Å². The number of aliphatic hydroxyl groups is 1. The highest BCUT2D eigenvalue weighted by atomic mass is 16.5. The lowest BCUT2D eigenvalue weighted by molar-refractivity contribution is 0.0697. The van der Waals surface area contributed by atoms with E-state index in [4.69, 9.17) is 9.84 Å². The SMILES string of the molecule is CCC(c1ccccc1)C(O)C=C[C@H]1[C@@H](CCc2ccc(C(=O)O)cc2)[C@H]2CC[C@@H]1O2. The summed E-state index contributed by atoms with van der Waals surface area (Å²) >= 11 is 0. The van der Waals surface area contributed by atoms with Gasteiger partial charge in [0.15, 0.2) is 0 Å². The van der Waals surface area contributed by atoms with Gasteiger partial charge in [0.05, 0.1) is 23.9 Å². The molecule has 2 aliphatic heterocycles. The third-order valence-electron chi connectivity index (χ3n) is 7.06. The quantitative estimate of drug-likeness (QED) is 0.546. The van der Waals surface area contributed by atoms with Gasteiger partial charge < -0.3 is 14.9 Å². The fourth-order valence-electron chi connectivity index (χ4n) is 5.35. The standard InChI is InChI=1S/C27H32O4/c1-2-21(19-6-4-3-5-7-19)24(28)15-14-23-22(25-16-17-26(23)31-25)13-10-18-8-11-20(12-9-18)27(29)30/h3-9,11-12,14-15,21-26,28H,2,10,13,16-17H2,1H3,(H,29,30)/t21?,22-,23+,24?,25-,26+/m1/s1. The number of rotatable bonds is 9. The minimum absolute atomic E-state index is 0.100. The van der Waals surface area contributed by atoms with Crippen molar-refractivity contribution in [3.05, 3.63) is 83.4 Å². The van der Waals surface area contributed by atoms with Crippen LogP contribution in [0.5, 0.6) is 0 Å². The van der Waals surface area contributed by atoms with Crippen molar-refractivity contribution in [2.24, 2.45) is 11.8 Å². The maximum absolute atomic E-state index is 11.1. The van der Waals surface area contributed by atoms with Gasteiger partial charge in [-0.15, -0.1) is 0 Å². The number of hydrogen-bond acceptors (Lipinski definition) is 3. The van der Waals surface area contributed by atoms with Gasteiger partial charge in [-0.2, -0.15) is 0 Å². The third kappa shape index (κ3) is 4.91. The lowest BCUT2D eigenvalue weighted by atomic mass is 9.76. The molecule has 2 unspecified atom stereocenters. The van der Waals surface area contributed by atoms with Gasteiger partial charge in [0.1, 0.15) is 0 Å². The molecule has 2 heterocycles. The zero-order chi connectivity index (χ0) is 21.8. The van der Waals surface area contributed by atoms with Crippen molar-refractivity contribution in [2.45, 2.75) is 63.3 Å². The first kappa shape index (κ1) is 21.8. The number of aliphatic hydroxyl groups excluding tert-OH is 1. The third-order valence-corrected chi connectivity index (χ3v) is 7.06. The molecular formula is C27H32O4. The maximum Gasteiger partial charge on any atom is 0.335 e. The minimum Gasteiger partial charge on any atom is -0.478 e. The van der Waals surface area contributed by atoms with Crippen LogP contribution < -0.4 is 0 Å². The molecule has 0 amide bonds. The molecule has 4 nitrogen and oxygen atoms in total. The summed E-state index contributed by atoms with van der Waals surface area (Å²) in [6.45, 7) is 2.12. The van der Waals surface area contributed by atoms with Gasteiger partial charge in [0.2, 0.25) is 0 Å². The summed E-state index contributed by atoms with van der Waals surface area (Å²) < 4.78 is 6.23. The monoisotopic (exact) mass is 420 g/mol. The van der Waals surface area contributed by atoms with Crippen LogP contribution in [0.15, 0.2) is 66.7 Å². The molecule has 0 radical (unpaired) electrons. The number of benzene rings is 2. The number of carboxylic acid groups (broad SMARTS) is 1. The highest BCUT2D eigenvalue weighted by molar-refractivity contribution is 5.87. The van der Waals surface area contributed by atoms with Crippen molar-refractivity contribution in [3.8, 4) is 0 Å². The molecule has 4 heteroatoms. The predicted molar refractivity (Wildman–Crippen MR) is 121 cm³/mol. The van der Waals surface area contributed by atoms with E-state index in [1.54, 1.807) is 12.1 Å². The van der Waals surface area contributed by atoms with Crippen LogP contribution in [0, 0.1) is 11.8 Å². The number of hydrogen-bond donors (Lipinski definition) is 2. The Morgan fingerprint density at radius 1 is 1.10 bits per heavy atom. The van der Waals surface area contributed by atoms with Crippen LogP contribution in [0.3, 0.4) is 0 Å². The van der Waals surface area contributed by atoms with E-state index in [9.17, 15) is 9.90 Å². The lowest BCUT2D eigenvalue weighted by Crippen LogP contribution is -2.27. The predicted octanol–water partition coefficient (Wildman–Crippen LogP) is 5.22. The second kappa shape index (κ2) is 9.80. The van der Waals surface area contributed by atoms with E-state index < -0.39 is 12.1 Å². The van der Waals surface area contributed by atoms with Crippen LogP contribution in [0.1, 0.15) is 60.0 Å². The highest BCUT2D eigenvalue weighted by Crippen LogP contribution is 2.46. The number of aromatic carboxylic acids is 1. The number of carbonyl (C=O) groups is 1. The average Bonchev–Trinajstić information content (AvgIpc) is 3.39. The van der Waals surface area contributed by atoms with Crippen molar-refractivity contribution >= 4 is 5.97 Å². The van der Waals surface area contributed by atoms with Crippen LogP contribution >= 0.6 is 0 Å². The molecule has 0 spiro atoms. The van der Waals surface area contributed by atoms with Gasteiger partial charge in [-0.1, -0.05) is 61.5 Å². The summed E-state index contributed by atoms with van der Waals surface area (Å²) in [5.41, 5.74) is 2.66. The first-order chi connectivity index (χ1) is 15.1. The van der Waals surface area contributed by atoms with Gasteiger partial charge in [0, 0.05) is 11.8 Å². The fourth-order valence-corrected chi connectivity index (χ4v) is 5.35. The molecule has 2 bridgehead atoms. The van der Waals surface area contributed by atoms with E-state index >= 15 is 0 Å². The topological polar surface area (TPSA) is 66.8 Å². The molecule has 2 saturated heterocycles. The fraction of sp³-hybridized carbons (Fsp3) is 0.444. The van der Waals surface area contributed by atoms with Gasteiger partial charge >= 0.3 is 5.97 Å². The molecule has 2 aromatic rings. The number of carboxylic acids is 1. The molecule has 4 rings (SSSR count). The van der Waals surface area contributed by atoms with Crippen LogP contribution in [0.25, 0.3) is 0 Å². The second-order valence-corrected chi connectivity index (χ2v) is 8.87. The van der Waals surface area contributed by atoms with Gasteiger partial charge in [-0.05, 0) is 61.3 Å². The molecule has 31 heavy (non-hydrogen) atoms. The molecular weight excluding hydrogens is 388 g/mol. The highest BCUT2D eigenvalue weighted by Gasteiger charge is 2.47. The number of fused-ring (bicyclic) bond motifs is 2. The Morgan fingerprint density at radius 2 is 1.81 bits per heavy atom. The zero-order valence-electron chi connectivity index (χ0n) is 18.1. The van der Waals surface area contributed by atoms with E-state index in [1.807, 2.05) is 36.4 Å². The van der Waals surface area contributed by atoms with Crippen LogP contribution in [-0.4, -0.2) is 34.5 Å². The molecule has 6 atom stereocenters. The van der Waals surface area contributed by atoms with Crippen LogP contribution in [-0.2, 0) is 11.2 Å². The first-order valence-corrected chi connectivity index (χ1v) is 11.5. The number of ether oxygens (including phenoxy) is 1. The Bertz CT molecular complexity index is 889. The van der Waals surface area contributed by atoms with E-state index in [1.165, 1.54) is 5.56 Å².